The molecule has 34 heavy (non-hydrogen) atoms. The molecule has 1 aliphatic carbocycles. The highest BCUT2D eigenvalue weighted by Crippen LogP contribution is 2.34. The van der Waals surface area contributed by atoms with Crippen LogP contribution in [0.15, 0.2) is 30.3 Å². The van der Waals surface area contributed by atoms with Crippen molar-refractivity contribution in [1.82, 2.24) is 15.1 Å². The number of nitrogens with zero attached hydrogens (tertiary/aromatic N) is 4. The number of unbranched alkanes of at least 4 members (excludes halogenated alkanes) is 1. The Labute approximate surface area is 203 Å². The number of amides is 1. The Kier molecular flexibility index (Phi) is 8.25. The van der Waals surface area contributed by atoms with Gasteiger partial charge in [0.2, 0.25) is 5.91 Å². The Morgan fingerprint density at radius 2 is 1.74 bits per heavy atom. The third-order valence-electron chi connectivity index (χ3n) is 7.41. The van der Waals surface area contributed by atoms with Crippen molar-refractivity contribution in [3.05, 3.63) is 30.3 Å². The standard InChI is InChI=1S/C27H38N4O3/c1-4-5-6-20-7-9-21(10-8-20)27(32)31-17-15-30(16-18-31)26-14-12-24(28-29-26)23-19-22(33-2)11-13-25(23)34-3/h11-14,19-21H,4-10,15-18H2,1-3H3. The first-order valence-corrected chi connectivity index (χ1v) is 12.7. The van der Waals surface area contributed by atoms with Gasteiger partial charge in [-0.25, -0.2) is 0 Å². The molecule has 2 aromatic rings. The molecule has 1 aromatic carbocycles. The zero-order valence-electron chi connectivity index (χ0n) is 20.8. The molecular formula is C27H38N4O3. The Morgan fingerprint density at radius 1 is 0.971 bits per heavy atom. The first-order chi connectivity index (χ1) is 16.6. The molecule has 4 rings (SSSR count). The topological polar surface area (TPSA) is 67.8 Å². The number of hydrogen-bond acceptors (Lipinski definition) is 6. The van der Waals surface area contributed by atoms with Gasteiger partial charge in [-0.3, -0.25) is 4.79 Å². The minimum atomic E-state index is 0.223. The van der Waals surface area contributed by atoms with E-state index in [2.05, 4.69) is 26.9 Å². The molecule has 0 radical (unpaired) electrons. The van der Waals surface area contributed by atoms with E-state index in [1.807, 2.05) is 30.3 Å². The molecule has 2 fully saturated rings. The molecular weight excluding hydrogens is 428 g/mol. The maximum Gasteiger partial charge on any atom is 0.225 e. The van der Waals surface area contributed by atoms with Crippen molar-refractivity contribution in [2.75, 3.05) is 45.3 Å². The van der Waals surface area contributed by atoms with Crippen LogP contribution in [0.25, 0.3) is 11.3 Å². The van der Waals surface area contributed by atoms with Crippen molar-refractivity contribution in [2.45, 2.75) is 51.9 Å². The van der Waals surface area contributed by atoms with Crippen LogP contribution in [-0.2, 0) is 4.79 Å². The van der Waals surface area contributed by atoms with Gasteiger partial charge in [-0.2, -0.15) is 0 Å². The SMILES string of the molecule is CCCCC1CCC(C(=O)N2CCN(c3ccc(-c4cc(OC)ccc4OC)nn3)CC2)CC1. The summed E-state index contributed by atoms with van der Waals surface area (Å²) in [4.78, 5) is 17.4. The van der Waals surface area contributed by atoms with E-state index in [0.29, 0.717) is 5.91 Å². The van der Waals surface area contributed by atoms with Crippen LogP contribution in [0.4, 0.5) is 5.82 Å². The van der Waals surface area contributed by atoms with Crippen LogP contribution in [0.3, 0.4) is 0 Å². The second-order valence-corrected chi connectivity index (χ2v) is 9.52. The van der Waals surface area contributed by atoms with Crippen LogP contribution in [0, 0.1) is 11.8 Å². The van der Waals surface area contributed by atoms with Gasteiger partial charge in [-0.1, -0.05) is 26.2 Å². The van der Waals surface area contributed by atoms with Crippen molar-refractivity contribution in [3.63, 3.8) is 0 Å². The summed E-state index contributed by atoms with van der Waals surface area (Å²) in [5, 5.41) is 8.93. The quantitative estimate of drug-likeness (QED) is 0.556. The van der Waals surface area contributed by atoms with E-state index in [1.165, 1.54) is 32.1 Å². The number of hydrogen-bond donors (Lipinski definition) is 0. The minimum Gasteiger partial charge on any atom is -0.497 e. The van der Waals surface area contributed by atoms with Crippen LogP contribution in [0.5, 0.6) is 11.5 Å². The molecule has 2 heterocycles. The zero-order valence-corrected chi connectivity index (χ0v) is 20.8. The highest BCUT2D eigenvalue weighted by molar-refractivity contribution is 5.79. The molecule has 1 amide bonds. The molecule has 0 atom stereocenters. The number of rotatable bonds is 8. The lowest BCUT2D eigenvalue weighted by Crippen LogP contribution is -2.51. The predicted molar refractivity (Wildman–Crippen MR) is 134 cm³/mol. The molecule has 1 saturated heterocycles. The average molecular weight is 467 g/mol. The number of carbonyl (C=O) groups excluding carboxylic acids is 1. The van der Waals surface area contributed by atoms with Gasteiger partial charge in [0.25, 0.3) is 0 Å². The summed E-state index contributed by atoms with van der Waals surface area (Å²) >= 11 is 0. The van der Waals surface area contributed by atoms with Crippen LogP contribution in [0.1, 0.15) is 51.9 Å². The van der Waals surface area contributed by atoms with E-state index in [4.69, 9.17) is 9.47 Å². The van der Waals surface area contributed by atoms with Gasteiger partial charge in [0.1, 0.15) is 11.5 Å². The van der Waals surface area contributed by atoms with Gasteiger partial charge in [0.15, 0.2) is 5.82 Å². The predicted octanol–water partition coefficient (Wildman–Crippen LogP) is 4.81. The molecule has 1 saturated carbocycles. The molecule has 0 spiro atoms. The summed E-state index contributed by atoms with van der Waals surface area (Å²) in [5.41, 5.74) is 1.59. The van der Waals surface area contributed by atoms with E-state index >= 15 is 0 Å². The van der Waals surface area contributed by atoms with Crippen molar-refractivity contribution in [3.8, 4) is 22.8 Å². The van der Waals surface area contributed by atoms with E-state index in [0.717, 1.165) is 73.5 Å². The fourth-order valence-electron chi connectivity index (χ4n) is 5.26. The minimum absolute atomic E-state index is 0.223. The van der Waals surface area contributed by atoms with Gasteiger partial charge in [-0.05, 0) is 61.9 Å². The number of carbonyl (C=O) groups is 1. The number of piperazine rings is 1. The van der Waals surface area contributed by atoms with Crippen LogP contribution in [-0.4, -0.2) is 61.4 Å². The fourth-order valence-corrected chi connectivity index (χ4v) is 5.26. The fraction of sp³-hybridized carbons (Fsp3) is 0.593. The molecule has 184 valence electrons. The second-order valence-electron chi connectivity index (χ2n) is 9.52. The summed E-state index contributed by atoms with van der Waals surface area (Å²) < 4.78 is 10.8. The lowest BCUT2D eigenvalue weighted by molar-refractivity contribution is -0.137. The zero-order chi connectivity index (χ0) is 23.9. The number of aromatic nitrogens is 2. The second kappa shape index (κ2) is 11.5. The Morgan fingerprint density at radius 3 is 2.35 bits per heavy atom. The smallest absolute Gasteiger partial charge is 0.225 e. The van der Waals surface area contributed by atoms with Crippen molar-refractivity contribution >= 4 is 11.7 Å². The first-order valence-electron chi connectivity index (χ1n) is 12.7. The number of anilines is 1. The molecule has 0 unspecified atom stereocenters. The van der Waals surface area contributed by atoms with Gasteiger partial charge in [0.05, 0.1) is 19.9 Å². The third-order valence-corrected chi connectivity index (χ3v) is 7.41. The summed E-state index contributed by atoms with van der Waals surface area (Å²) in [6, 6.07) is 9.61. The Bertz CT molecular complexity index is 933. The highest BCUT2D eigenvalue weighted by Gasteiger charge is 2.31. The summed E-state index contributed by atoms with van der Waals surface area (Å²) in [6.45, 7) is 5.33. The summed E-state index contributed by atoms with van der Waals surface area (Å²) in [6.07, 6.45) is 8.49. The van der Waals surface area contributed by atoms with Crippen molar-refractivity contribution in [2.24, 2.45) is 11.8 Å². The number of ether oxygens (including phenoxy) is 2. The maximum atomic E-state index is 13.1. The normalized spacial score (nSPS) is 20.8. The van der Waals surface area contributed by atoms with Crippen LogP contribution < -0.4 is 14.4 Å². The molecule has 1 aliphatic heterocycles. The van der Waals surface area contributed by atoms with E-state index in [-0.39, 0.29) is 5.92 Å². The average Bonchev–Trinajstić information content (AvgIpc) is 2.91. The van der Waals surface area contributed by atoms with E-state index < -0.39 is 0 Å². The first kappa shape index (κ1) is 24.3. The molecule has 2 aliphatic rings. The van der Waals surface area contributed by atoms with Gasteiger partial charge in [-0.15, -0.1) is 10.2 Å². The lowest BCUT2D eigenvalue weighted by atomic mass is 9.79. The lowest BCUT2D eigenvalue weighted by Gasteiger charge is -2.38. The third kappa shape index (κ3) is 5.62. The van der Waals surface area contributed by atoms with Crippen LogP contribution in [0.2, 0.25) is 0 Å². The summed E-state index contributed by atoms with van der Waals surface area (Å²) in [5.74, 6) is 3.74. The van der Waals surface area contributed by atoms with Crippen molar-refractivity contribution < 1.29 is 14.3 Å². The summed E-state index contributed by atoms with van der Waals surface area (Å²) in [7, 11) is 3.29. The molecule has 7 heteroatoms. The molecule has 1 aromatic heterocycles. The van der Waals surface area contributed by atoms with Gasteiger partial charge < -0.3 is 19.3 Å². The van der Waals surface area contributed by atoms with Crippen LogP contribution >= 0.6 is 0 Å². The monoisotopic (exact) mass is 466 g/mol. The van der Waals surface area contributed by atoms with Crippen molar-refractivity contribution in [1.29, 1.82) is 0 Å². The van der Waals surface area contributed by atoms with E-state index in [1.54, 1.807) is 14.2 Å². The maximum absolute atomic E-state index is 13.1. The van der Waals surface area contributed by atoms with Gasteiger partial charge >= 0.3 is 0 Å². The highest BCUT2D eigenvalue weighted by atomic mass is 16.5. The largest absolute Gasteiger partial charge is 0.497 e. The molecule has 0 bridgehead atoms. The van der Waals surface area contributed by atoms with Gasteiger partial charge in [0, 0.05) is 37.7 Å². The molecule has 7 nitrogen and oxygen atoms in total. The number of benzene rings is 1. The number of methoxy groups -OCH3 is 2. The Balaban J connectivity index is 1.31. The Hall–Kier alpha value is -2.83. The van der Waals surface area contributed by atoms with E-state index in [9.17, 15) is 4.79 Å². The molecule has 0 N–H and O–H groups in total.